The molecule has 0 aromatic carbocycles. The molecule has 11 heteroatoms. The summed E-state index contributed by atoms with van der Waals surface area (Å²) in [5, 5.41) is 3.35. The van der Waals surface area contributed by atoms with Crippen LogP contribution in [0, 0.1) is 0 Å². The lowest BCUT2D eigenvalue weighted by Gasteiger charge is -2.27. The number of alkyl halides is 4. The van der Waals surface area contributed by atoms with Crippen LogP contribution in [0.3, 0.4) is 0 Å². The lowest BCUT2D eigenvalue weighted by Crippen LogP contribution is -2.31. The second kappa shape index (κ2) is 5.95. The van der Waals surface area contributed by atoms with Gasteiger partial charge in [0.25, 0.3) is 0 Å². The monoisotopic (exact) mass is 373 g/mol. The zero-order valence-electron chi connectivity index (χ0n) is 12.6. The Kier molecular flexibility index (Phi) is 3.88. The Hall–Kier alpha value is -2.20. The molecule has 1 atom stereocenters. The van der Waals surface area contributed by atoms with Crippen molar-refractivity contribution in [1.82, 2.24) is 24.7 Å². The summed E-state index contributed by atoms with van der Waals surface area (Å²) in [7, 11) is 0. The summed E-state index contributed by atoms with van der Waals surface area (Å²) in [6, 6.07) is 1.56. The first-order chi connectivity index (χ1) is 12.0. The smallest absolute Gasteiger partial charge is 0.376 e. The number of ether oxygens (including phenoxy) is 1. The average Bonchev–Trinajstić information content (AvgIpc) is 3.14. The Morgan fingerprint density at radius 3 is 2.72 bits per heavy atom. The van der Waals surface area contributed by atoms with Crippen LogP contribution in [0.1, 0.15) is 18.1 Å². The van der Waals surface area contributed by atoms with E-state index < -0.39 is 12.1 Å². The standard InChI is InChI=1S/C14H11ClF3N5O2/c15-4-10-20-9-3-7(11-21-13(25-22-11)14(16,17)18)5-19-12(9)23(10)6-8-1-2-24-8/h3,5,8H,1-2,4,6H2/t8-/m0/s1. The summed E-state index contributed by atoms with van der Waals surface area (Å²) >= 11 is 5.94. The van der Waals surface area contributed by atoms with E-state index in [1.165, 1.54) is 6.20 Å². The molecular formula is C14H11ClF3N5O2. The predicted molar refractivity (Wildman–Crippen MR) is 79.7 cm³/mol. The summed E-state index contributed by atoms with van der Waals surface area (Å²) in [6.07, 6.45) is -2.28. The highest BCUT2D eigenvalue weighted by molar-refractivity contribution is 6.16. The van der Waals surface area contributed by atoms with Gasteiger partial charge in [-0.2, -0.15) is 18.2 Å². The highest BCUT2D eigenvalue weighted by Gasteiger charge is 2.38. The number of hydrogen-bond acceptors (Lipinski definition) is 6. The van der Waals surface area contributed by atoms with Crippen LogP contribution in [0.2, 0.25) is 0 Å². The van der Waals surface area contributed by atoms with Crippen LogP contribution in [0.25, 0.3) is 22.6 Å². The van der Waals surface area contributed by atoms with Crippen LogP contribution in [0.4, 0.5) is 13.2 Å². The molecule has 7 nitrogen and oxygen atoms in total. The van der Waals surface area contributed by atoms with Crippen LogP contribution in [0.15, 0.2) is 16.8 Å². The van der Waals surface area contributed by atoms with Crippen molar-refractivity contribution in [3.8, 4) is 11.4 Å². The Bertz CT molecular complexity index is 919. The van der Waals surface area contributed by atoms with Crippen molar-refractivity contribution in [3.05, 3.63) is 24.0 Å². The maximum absolute atomic E-state index is 12.6. The molecule has 0 N–H and O–H groups in total. The maximum atomic E-state index is 12.6. The van der Waals surface area contributed by atoms with Gasteiger partial charge in [-0.3, -0.25) is 0 Å². The van der Waals surface area contributed by atoms with Crippen molar-refractivity contribution in [1.29, 1.82) is 0 Å². The Morgan fingerprint density at radius 1 is 1.32 bits per heavy atom. The third-order valence-corrected chi connectivity index (χ3v) is 4.13. The van der Waals surface area contributed by atoms with Crippen LogP contribution in [0.5, 0.6) is 0 Å². The number of imidazole rings is 1. The highest BCUT2D eigenvalue weighted by atomic mass is 35.5. The number of hydrogen-bond donors (Lipinski definition) is 0. The van der Waals surface area contributed by atoms with E-state index in [9.17, 15) is 13.2 Å². The minimum absolute atomic E-state index is 0.0902. The summed E-state index contributed by atoms with van der Waals surface area (Å²) in [6.45, 7) is 1.30. The number of halogens is 4. The lowest BCUT2D eigenvalue weighted by molar-refractivity contribution is -0.159. The molecule has 0 unspecified atom stereocenters. The van der Waals surface area contributed by atoms with E-state index in [1.54, 1.807) is 6.07 Å². The maximum Gasteiger partial charge on any atom is 0.471 e. The second-order valence-corrected chi connectivity index (χ2v) is 5.81. The van der Waals surface area contributed by atoms with Crippen molar-refractivity contribution < 1.29 is 22.4 Å². The van der Waals surface area contributed by atoms with Crippen molar-refractivity contribution >= 4 is 22.8 Å². The SMILES string of the molecule is FC(F)(F)c1nc(-c2cnc3c(c2)nc(CCl)n3C[C@@H]2CCO2)no1. The number of pyridine rings is 1. The third-order valence-electron chi connectivity index (χ3n) is 3.89. The molecule has 1 fully saturated rings. The molecule has 0 amide bonds. The molecule has 0 saturated carbocycles. The van der Waals surface area contributed by atoms with Gasteiger partial charge in [-0.25, -0.2) is 9.97 Å². The average molecular weight is 374 g/mol. The molecule has 4 heterocycles. The van der Waals surface area contributed by atoms with E-state index in [4.69, 9.17) is 16.3 Å². The number of rotatable bonds is 4. The molecule has 3 aromatic rings. The zero-order valence-corrected chi connectivity index (χ0v) is 13.4. The first-order valence-electron chi connectivity index (χ1n) is 7.39. The van der Waals surface area contributed by atoms with Gasteiger partial charge in [0.15, 0.2) is 5.65 Å². The van der Waals surface area contributed by atoms with Crippen molar-refractivity contribution in [3.63, 3.8) is 0 Å². The van der Waals surface area contributed by atoms with Crippen molar-refractivity contribution in [2.75, 3.05) is 6.61 Å². The molecule has 0 radical (unpaired) electrons. The van der Waals surface area contributed by atoms with E-state index in [0.29, 0.717) is 23.5 Å². The van der Waals surface area contributed by atoms with Gasteiger partial charge < -0.3 is 13.8 Å². The molecular weight excluding hydrogens is 363 g/mol. The number of fused-ring (bicyclic) bond motifs is 1. The molecule has 132 valence electrons. The summed E-state index contributed by atoms with van der Waals surface area (Å²) in [4.78, 5) is 12.0. The third kappa shape index (κ3) is 2.95. The minimum Gasteiger partial charge on any atom is -0.376 e. The Balaban J connectivity index is 1.71. The fourth-order valence-corrected chi connectivity index (χ4v) is 2.77. The molecule has 0 bridgehead atoms. The fourth-order valence-electron chi connectivity index (χ4n) is 2.56. The Morgan fingerprint density at radius 2 is 2.12 bits per heavy atom. The normalized spacial score (nSPS) is 17.8. The molecule has 1 saturated heterocycles. The van der Waals surface area contributed by atoms with Gasteiger partial charge in [0.05, 0.1) is 18.5 Å². The van der Waals surface area contributed by atoms with E-state index in [0.717, 1.165) is 13.0 Å². The fraction of sp³-hybridized carbons (Fsp3) is 0.429. The molecule has 0 spiro atoms. The van der Waals surface area contributed by atoms with E-state index in [-0.39, 0.29) is 23.4 Å². The molecule has 25 heavy (non-hydrogen) atoms. The van der Waals surface area contributed by atoms with Crippen LogP contribution in [-0.2, 0) is 23.3 Å². The van der Waals surface area contributed by atoms with Crippen molar-refractivity contribution in [2.24, 2.45) is 0 Å². The molecule has 3 aromatic heterocycles. The van der Waals surface area contributed by atoms with Gasteiger partial charge in [0.2, 0.25) is 5.82 Å². The molecule has 4 rings (SSSR count). The summed E-state index contributed by atoms with van der Waals surface area (Å²) < 4.78 is 49.3. The van der Waals surface area contributed by atoms with Gasteiger partial charge in [-0.15, -0.1) is 11.6 Å². The number of nitrogens with zero attached hydrogens (tertiary/aromatic N) is 5. The minimum atomic E-state index is -4.70. The Labute approximate surface area is 143 Å². The second-order valence-electron chi connectivity index (χ2n) is 5.54. The number of aromatic nitrogens is 5. The van der Waals surface area contributed by atoms with Gasteiger partial charge in [-0.1, -0.05) is 5.16 Å². The quantitative estimate of drug-likeness (QED) is 0.654. The van der Waals surface area contributed by atoms with Crippen LogP contribution >= 0.6 is 11.6 Å². The molecule has 1 aliphatic rings. The van der Waals surface area contributed by atoms with E-state index in [2.05, 4.69) is 24.6 Å². The largest absolute Gasteiger partial charge is 0.471 e. The lowest BCUT2D eigenvalue weighted by atomic mass is 10.2. The summed E-state index contributed by atoms with van der Waals surface area (Å²) in [5.41, 5.74) is 1.35. The first kappa shape index (κ1) is 16.3. The van der Waals surface area contributed by atoms with Crippen molar-refractivity contribution in [2.45, 2.75) is 31.1 Å². The summed E-state index contributed by atoms with van der Waals surface area (Å²) in [5.74, 6) is -0.817. The van der Waals surface area contributed by atoms with Crippen LogP contribution < -0.4 is 0 Å². The van der Waals surface area contributed by atoms with Crippen LogP contribution in [-0.4, -0.2) is 37.4 Å². The predicted octanol–water partition coefficient (Wildman–Crippen LogP) is 3.03. The van der Waals surface area contributed by atoms with Gasteiger partial charge in [-0.05, 0) is 12.5 Å². The molecule has 0 aliphatic carbocycles. The first-order valence-corrected chi connectivity index (χ1v) is 7.93. The van der Waals surface area contributed by atoms with E-state index in [1.807, 2.05) is 4.57 Å². The molecule has 1 aliphatic heterocycles. The van der Waals surface area contributed by atoms with Gasteiger partial charge in [0, 0.05) is 18.4 Å². The van der Waals surface area contributed by atoms with E-state index >= 15 is 0 Å². The van der Waals surface area contributed by atoms with Gasteiger partial charge >= 0.3 is 12.1 Å². The highest BCUT2D eigenvalue weighted by Crippen LogP contribution is 2.30. The zero-order chi connectivity index (χ0) is 17.6. The van der Waals surface area contributed by atoms with Gasteiger partial charge in [0.1, 0.15) is 11.3 Å². The topological polar surface area (TPSA) is 78.9 Å².